The monoisotopic (exact) mass is 311 g/mol. The van der Waals surface area contributed by atoms with Gasteiger partial charge in [-0.25, -0.2) is 4.98 Å². The highest BCUT2D eigenvalue weighted by atomic mass is 16.3. The molecule has 0 saturated carbocycles. The van der Waals surface area contributed by atoms with Gasteiger partial charge in [-0.1, -0.05) is 12.1 Å². The molecule has 0 aliphatic carbocycles. The zero-order valence-electron chi connectivity index (χ0n) is 13.8. The zero-order chi connectivity index (χ0) is 16.7. The lowest BCUT2D eigenvalue weighted by Crippen LogP contribution is -2.15. The van der Waals surface area contributed by atoms with E-state index in [4.69, 9.17) is 0 Å². The molecule has 1 aliphatic rings. The lowest BCUT2D eigenvalue weighted by Gasteiger charge is -2.15. The quantitative estimate of drug-likeness (QED) is 0.915. The minimum absolute atomic E-state index is 0.0581. The molecule has 5 nitrogen and oxygen atoms in total. The Kier molecular flexibility index (Phi) is 3.72. The standard InChI is InChI=1S/C18H21N3O2/c1-10-15-14(9-12-5-7-13(8-6-12)21(3)4)18(23)20-17(15)19-11(2)16(10)22/h5-8,14,22H,9H2,1-4H3,(H,19,20,23). The van der Waals surface area contributed by atoms with E-state index in [-0.39, 0.29) is 17.6 Å². The van der Waals surface area contributed by atoms with Crippen molar-refractivity contribution in [2.24, 2.45) is 0 Å². The molecule has 0 spiro atoms. The Morgan fingerprint density at radius 1 is 1.22 bits per heavy atom. The summed E-state index contributed by atoms with van der Waals surface area (Å²) in [5.74, 6) is 0.386. The first-order valence-corrected chi connectivity index (χ1v) is 7.65. The Morgan fingerprint density at radius 2 is 1.87 bits per heavy atom. The van der Waals surface area contributed by atoms with Crippen LogP contribution < -0.4 is 10.2 Å². The second-order valence-electron chi connectivity index (χ2n) is 6.24. The van der Waals surface area contributed by atoms with E-state index in [0.29, 0.717) is 17.9 Å². The molecule has 2 N–H and O–H groups in total. The number of carbonyl (C=O) groups excluding carboxylic acids is 1. The summed E-state index contributed by atoms with van der Waals surface area (Å²) in [5.41, 5.74) is 4.30. The van der Waals surface area contributed by atoms with Crippen molar-refractivity contribution >= 4 is 17.4 Å². The maximum Gasteiger partial charge on any atom is 0.233 e. The van der Waals surface area contributed by atoms with Crippen LogP contribution in [0.25, 0.3) is 0 Å². The van der Waals surface area contributed by atoms with Gasteiger partial charge >= 0.3 is 0 Å². The van der Waals surface area contributed by atoms with Crippen LogP contribution in [0, 0.1) is 13.8 Å². The molecule has 2 aromatic rings. The minimum atomic E-state index is -0.311. The van der Waals surface area contributed by atoms with Crippen molar-refractivity contribution in [2.75, 3.05) is 24.3 Å². The molecule has 0 radical (unpaired) electrons. The molecule has 5 heteroatoms. The van der Waals surface area contributed by atoms with Crippen LogP contribution in [0.5, 0.6) is 5.75 Å². The number of fused-ring (bicyclic) bond motifs is 1. The summed E-state index contributed by atoms with van der Waals surface area (Å²) in [7, 11) is 3.99. The lowest BCUT2D eigenvalue weighted by atomic mass is 9.90. The normalized spacial score (nSPS) is 16.2. The van der Waals surface area contributed by atoms with E-state index in [1.54, 1.807) is 6.92 Å². The third-order valence-electron chi connectivity index (χ3n) is 4.44. The highest BCUT2D eigenvalue weighted by Gasteiger charge is 2.34. The number of rotatable bonds is 3. The van der Waals surface area contributed by atoms with Crippen molar-refractivity contribution in [3.05, 3.63) is 46.6 Å². The second-order valence-corrected chi connectivity index (χ2v) is 6.24. The summed E-state index contributed by atoms with van der Waals surface area (Å²) in [6.45, 7) is 3.58. The molecule has 1 aliphatic heterocycles. The van der Waals surface area contributed by atoms with Crippen LogP contribution in [0.4, 0.5) is 11.5 Å². The van der Waals surface area contributed by atoms with E-state index in [2.05, 4.69) is 10.3 Å². The number of pyridine rings is 1. The summed E-state index contributed by atoms with van der Waals surface area (Å²) in [6.07, 6.45) is 0.595. The van der Waals surface area contributed by atoms with Gasteiger partial charge in [-0.15, -0.1) is 0 Å². The molecular formula is C18H21N3O2. The largest absolute Gasteiger partial charge is 0.506 e. The third-order valence-corrected chi connectivity index (χ3v) is 4.44. The first-order valence-electron chi connectivity index (χ1n) is 7.65. The van der Waals surface area contributed by atoms with Crippen molar-refractivity contribution < 1.29 is 9.90 Å². The van der Waals surface area contributed by atoms with Gasteiger partial charge in [-0.2, -0.15) is 0 Å². The Bertz CT molecular complexity index is 767. The summed E-state index contributed by atoms with van der Waals surface area (Å²) in [6, 6.07) is 8.16. The number of amides is 1. The van der Waals surface area contributed by atoms with E-state index < -0.39 is 0 Å². The molecule has 0 bridgehead atoms. The Labute approximate surface area is 136 Å². The number of benzene rings is 1. The molecule has 0 fully saturated rings. The van der Waals surface area contributed by atoms with Crippen molar-refractivity contribution in [3.63, 3.8) is 0 Å². The van der Waals surface area contributed by atoms with Gasteiger partial charge in [-0.05, 0) is 38.0 Å². The van der Waals surface area contributed by atoms with Gasteiger partial charge in [-0.3, -0.25) is 4.79 Å². The average molecular weight is 311 g/mol. The van der Waals surface area contributed by atoms with Crippen LogP contribution in [0.3, 0.4) is 0 Å². The first-order chi connectivity index (χ1) is 10.9. The third kappa shape index (κ3) is 2.63. The van der Waals surface area contributed by atoms with Gasteiger partial charge in [0.1, 0.15) is 11.6 Å². The maximum atomic E-state index is 12.3. The molecule has 1 unspecified atom stereocenters. The highest BCUT2D eigenvalue weighted by molar-refractivity contribution is 6.02. The molecule has 1 aromatic heterocycles. The number of aryl methyl sites for hydroxylation is 1. The number of nitrogens with zero attached hydrogens (tertiary/aromatic N) is 2. The Morgan fingerprint density at radius 3 is 2.48 bits per heavy atom. The summed E-state index contributed by atoms with van der Waals surface area (Å²) in [5, 5.41) is 13.0. The number of hydrogen-bond donors (Lipinski definition) is 2. The SMILES string of the molecule is Cc1nc2c(c(C)c1O)C(Cc1ccc(N(C)C)cc1)C(=O)N2. The predicted molar refractivity (Wildman–Crippen MR) is 91.2 cm³/mol. The van der Waals surface area contributed by atoms with Gasteiger partial charge in [0, 0.05) is 30.9 Å². The number of anilines is 2. The summed E-state index contributed by atoms with van der Waals surface area (Å²) < 4.78 is 0. The fraction of sp³-hybridized carbons (Fsp3) is 0.333. The van der Waals surface area contributed by atoms with Crippen LogP contribution >= 0.6 is 0 Å². The molecule has 3 rings (SSSR count). The van der Waals surface area contributed by atoms with Crippen LogP contribution in [-0.2, 0) is 11.2 Å². The molecule has 1 atom stereocenters. The van der Waals surface area contributed by atoms with Gasteiger partial charge in [0.25, 0.3) is 0 Å². The topological polar surface area (TPSA) is 65.5 Å². The molecule has 0 saturated heterocycles. The van der Waals surface area contributed by atoms with Gasteiger partial charge < -0.3 is 15.3 Å². The van der Waals surface area contributed by atoms with Crippen LogP contribution in [-0.4, -0.2) is 30.1 Å². The molecular weight excluding hydrogens is 290 g/mol. The first kappa shape index (κ1) is 15.3. The average Bonchev–Trinajstić information content (AvgIpc) is 2.81. The van der Waals surface area contributed by atoms with E-state index in [9.17, 15) is 9.90 Å². The lowest BCUT2D eigenvalue weighted by molar-refractivity contribution is -0.117. The Balaban J connectivity index is 1.93. The molecule has 2 heterocycles. The fourth-order valence-corrected chi connectivity index (χ4v) is 3.07. The van der Waals surface area contributed by atoms with Gasteiger partial charge in [0.15, 0.2) is 0 Å². The number of nitrogens with one attached hydrogen (secondary N) is 1. The number of aromatic nitrogens is 1. The van der Waals surface area contributed by atoms with Crippen LogP contribution in [0.15, 0.2) is 24.3 Å². The highest BCUT2D eigenvalue weighted by Crippen LogP contribution is 2.40. The summed E-state index contributed by atoms with van der Waals surface area (Å²) in [4.78, 5) is 18.7. The number of carbonyl (C=O) groups is 1. The molecule has 1 amide bonds. The van der Waals surface area contributed by atoms with Gasteiger partial charge in [0.05, 0.1) is 11.6 Å². The van der Waals surface area contributed by atoms with E-state index in [1.807, 2.05) is 50.2 Å². The smallest absolute Gasteiger partial charge is 0.233 e. The summed E-state index contributed by atoms with van der Waals surface area (Å²) >= 11 is 0. The number of hydrogen-bond acceptors (Lipinski definition) is 4. The minimum Gasteiger partial charge on any atom is -0.506 e. The molecule has 1 aromatic carbocycles. The zero-order valence-corrected chi connectivity index (χ0v) is 13.8. The molecule has 120 valence electrons. The van der Waals surface area contributed by atoms with Crippen molar-refractivity contribution in [1.82, 2.24) is 4.98 Å². The van der Waals surface area contributed by atoms with Gasteiger partial charge in [0.2, 0.25) is 5.91 Å². The second kappa shape index (κ2) is 5.57. The van der Waals surface area contributed by atoms with E-state index in [0.717, 1.165) is 22.4 Å². The van der Waals surface area contributed by atoms with Crippen LogP contribution in [0.1, 0.15) is 28.3 Å². The number of aromatic hydroxyl groups is 1. The van der Waals surface area contributed by atoms with E-state index in [1.165, 1.54) is 0 Å². The van der Waals surface area contributed by atoms with Crippen molar-refractivity contribution in [2.45, 2.75) is 26.2 Å². The maximum absolute atomic E-state index is 12.3. The predicted octanol–water partition coefficient (Wildman–Crippen LogP) is 2.75. The Hall–Kier alpha value is -2.56. The molecule has 23 heavy (non-hydrogen) atoms. The van der Waals surface area contributed by atoms with E-state index >= 15 is 0 Å². The fourth-order valence-electron chi connectivity index (χ4n) is 3.07. The van der Waals surface area contributed by atoms with Crippen LogP contribution in [0.2, 0.25) is 0 Å². The van der Waals surface area contributed by atoms with Crippen molar-refractivity contribution in [1.29, 1.82) is 0 Å². The van der Waals surface area contributed by atoms with Crippen molar-refractivity contribution in [3.8, 4) is 5.75 Å².